The van der Waals surface area contributed by atoms with E-state index in [1.165, 1.54) is 4.31 Å². The molecule has 0 spiro atoms. The summed E-state index contributed by atoms with van der Waals surface area (Å²) in [4.78, 5) is 13.7. The van der Waals surface area contributed by atoms with Gasteiger partial charge in [-0.05, 0) is 78.4 Å². The number of fused-ring (bicyclic) bond motifs is 1. The first-order chi connectivity index (χ1) is 16.2. The third-order valence-corrected chi connectivity index (χ3v) is 8.51. The maximum atomic E-state index is 13.2. The van der Waals surface area contributed by atoms with Gasteiger partial charge in [-0.1, -0.05) is 24.3 Å². The van der Waals surface area contributed by atoms with Gasteiger partial charge in [0.25, 0.3) is 0 Å². The summed E-state index contributed by atoms with van der Waals surface area (Å²) >= 11 is 0. The summed E-state index contributed by atoms with van der Waals surface area (Å²) in [7, 11) is 0.306. The number of hydrogen-bond donors (Lipinski definition) is 3. The zero-order valence-corrected chi connectivity index (χ0v) is 20.2. The number of nitrogens with zero attached hydrogens (tertiary/aromatic N) is 1. The number of carbonyl (C=O) groups excluding carboxylic acids is 1. The standard InChI is InChI=1S/C26H28N2O5S/c1-17-14-20(7-10-22(17)18-4-8-21(9-5-18)34(30,31)28(2)3)27-25(29)26(12-13-26)19-6-11-23-24(15-19)33-16-32-23/h4-11,14-15,30-31H,12-13,16H2,1-3H3,(H,27,29). The quantitative estimate of drug-likeness (QED) is 0.423. The number of ether oxygens (including phenoxy) is 2. The lowest BCUT2D eigenvalue weighted by Gasteiger charge is -2.38. The molecule has 5 rings (SSSR count). The van der Waals surface area contributed by atoms with E-state index in [0.717, 1.165) is 40.8 Å². The third kappa shape index (κ3) is 3.92. The highest BCUT2D eigenvalue weighted by molar-refractivity contribution is 8.22. The fraction of sp³-hybridized carbons (Fsp3) is 0.269. The maximum Gasteiger partial charge on any atom is 0.235 e. The second-order valence-corrected chi connectivity index (χ2v) is 11.2. The molecule has 8 heteroatoms. The summed E-state index contributed by atoms with van der Waals surface area (Å²) in [5.74, 6) is 1.39. The summed E-state index contributed by atoms with van der Waals surface area (Å²) in [5.41, 5.74) is 4.16. The number of anilines is 1. The van der Waals surface area contributed by atoms with Crippen LogP contribution in [0.15, 0.2) is 65.6 Å². The normalized spacial score (nSPS) is 16.4. The van der Waals surface area contributed by atoms with E-state index in [1.54, 1.807) is 26.2 Å². The van der Waals surface area contributed by atoms with Crippen molar-refractivity contribution < 1.29 is 23.4 Å². The van der Waals surface area contributed by atoms with Crippen molar-refractivity contribution in [2.45, 2.75) is 30.1 Å². The van der Waals surface area contributed by atoms with Crippen LogP contribution in [0.2, 0.25) is 0 Å². The number of amides is 1. The van der Waals surface area contributed by atoms with Crippen molar-refractivity contribution >= 4 is 22.4 Å². The van der Waals surface area contributed by atoms with Gasteiger partial charge in [0, 0.05) is 19.8 Å². The molecule has 3 aromatic rings. The van der Waals surface area contributed by atoms with Gasteiger partial charge in [-0.15, -0.1) is 10.8 Å². The zero-order chi connectivity index (χ0) is 24.1. The fourth-order valence-corrected chi connectivity index (χ4v) is 5.23. The van der Waals surface area contributed by atoms with E-state index in [0.29, 0.717) is 16.4 Å². The smallest absolute Gasteiger partial charge is 0.235 e. The summed E-state index contributed by atoms with van der Waals surface area (Å²) in [5, 5.41) is 3.09. The molecule has 2 aliphatic rings. The lowest BCUT2D eigenvalue weighted by Crippen LogP contribution is -2.27. The van der Waals surface area contributed by atoms with Gasteiger partial charge in [-0.3, -0.25) is 13.9 Å². The minimum Gasteiger partial charge on any atom is -0.454 e. The van der Waals surface area contributed by atoms with Crippen LogP contribution in [-0.2, 0) is 10.2 Å². The Morgan fingerprint density at radius 3 is 2.32 bits per heavy atom. The van der Waals surface area contributed by atoms with Crippen molar-refractivity contribution in [3.8, 4) is 22.6 Å². The largest absolute Gasteiger partial charge is 0.454 e. The van der Waals surface area contributed by atoms with Crippen LogP contribution in [0.5, 0.6) is 11.5 Å². The highest BCUT2D eigenvalue weighted by Crippen LogP contribution is 2.51. The van der Waals surface area contributed by atoms with Crippen molar-refractivity contribution in [1.82, 2.24) is 4.31 Å². The molecule has 3 N–H and O–H groups in total. The number of benzene rings is 3. The summed E-state index contributed by atoms with van der Waals surface area (Å²) in [6.45, 7) is 2.21. The first kappa shape index (κ1) is 22.7. The van der Waals surface area contributed by atoms with Gasteiger partial charge >= 0.3 is 0 Å². The topological polar surface area (TPSA) is 91.3 Å². The van der Waals surface area contributed by atoms with E-state index in [-0.39, 0.29) is 12.7 Å². The van der Waals surface area contributed by atoms with Crippen LogP contribution >= 0.6 is 10.8 Å². The Hall–Kier alpha value is -3.04. The van der Waals surface area contributed by atoms with Crippen molar-refractivity contribution in [3.05, 3.63) is 71.8 Å². The predicted octanol–water partition coefficient (Wildman–Crippen LogP) is 5.65. The van der Waals surface area contributed by atoms with Crippen LogP contribution in [0.4, 0.5) is 5.69 Å². The Bertz CT molecular complexity index is 1250. The summed E-state index contributed by atoms with van der Waals surface area (Å²) < 4.78 is 32.9. The Kier molecular flexibility index (Phi) is 5.56. The van der Waals surface area contributed by atoms with Crippen molar-refractivity contribution in [3.63, 3.8) is 0 Å². The summed E-state index contributed by atoms with van der Waals surface area (Å²) in [6, 6.07) is 18.8. The van der Waals surface area contributed by atoms with Crippen molar-refractivity contribution in [2.24, 2.45) is 0 Å². The van der Waals surface area contributed by atoms with Crippen LogP contribution in [0.1, 0.15) is 24.0 Å². The summed E-state index contributed by atoms with van der Waals surface area (Å²) in [6.07, 6.45) is 1.60. The van der Waals surface area contributed by atoms with E-state index >= 15 is 0 Å². The molecule has 1 amide bonds. The lowest BCUT2D eigenvalue weighted by atomic mass is 9.94. The van der Waals surface area contributed by atoms with Crippen molar-refractivity contribution in [1.29, 1.82) is 0 Å². The zero-order valence-electron chi connectivity index (χ0n) is 19.4. The van der Waals surface area contributed by atoms with Crippen LogP contribution in [0.25, 0.3) is 11.1 Å². The number of nitrogens with one attached hydrogen (secondary N) is 1. The molecule has 3 aromatic carbocycles. The molecule has 0 bridgehead atoms. The Morgan fingerprint density at radius 1 is 0.971 bits per heavy atom. The van der Waals surface area contributed by atoms with E-state index in [4.69, 9.17) is 9.47 Å². The monoisotopic (exact) mass is 480 g/mol. The average Bonchev–Trinajstić information content (AvgIpc) is 3.50. The third-order valence-electron chi connectivity index (χ3n) is 6.58. The minimum absolute atomic E-state index is 0.0169. The Morgan fingerprint density at radius 2 is 1.68 bits per heavy atom. The maximum absolute atomic E-state index is 13.2. The molecular weight excluding hydrogens is 452 g/mol. The van der Waals surface area contributed by atoms with Gasteiger partial charge in [-0.25, -0.2) is 4.31 Å². The van der Waals surface area contributed by atoms with Crippen LogP contribution in [0.3, 0.4) is 0 Å². The van der Waals surface area contributed by atoms with E-state index in [2.05, 4.69) is 5.32 Å². The molecule has 7 nitrogen and oxygen atoms in total. The lowest BCUT2D eigenvalue weighted by molar-refractivity contribution is -0.118. The second-order valence-electron chi connectivity index (χ2n) is 8.99. The second kappa shape index (κ2) is 8.32. The molecule has 1 fully saturated rings. The Balaban J connectivity index is 1.33. The van der Waals surface area contributed by atoms with Gasteiger partial charge in [0.1, 0.15) is 0 Å². The SMILES string of the molecule is Cc1cc(NC(=O)C2(c3ccc4c(c3)OCO4)CC2)ccc1-c1ccc(S(O)(O)N(C)C)cc1. The molecule has 1 heterocycles. The number of rotatable bonds is 6. The molecule has 1 saturated carbocycles. The molecule has 1 aliphatic heterocycles. The van der Waals surface area contributed by atoms with Gasteiger partial charge in [0.2, 0.25) is 12.7 Å². The first-order valence-electron chi connectivity index (χ1n) is 11.1. The fourth-order valence-electron chi connectivity index (χ4n) is 4.31. The molecule has 0 aromatic heterocycles. The van der Waals surface area contributed by atoms with E-state index in [9.17, 15) is 13.9 Å². The highest BCUT2D eigenvalue weighted by atomic mass is 32.3. The highest BCUT2D eigenvalue weighted by Gasteiger charge is 2.51. The van der Waals surface area contributed by atoms with E-state index in [1.807, 2.05) is 55.5 Å². The van der Waals surface area contributed by atoms with Gasteiger partial charge in [0.15, 0.2) is 11.5 Å². The molecule has 1 aliphatic carbocycles. The van der Waals surface area contributed by atoms with Crippen molar-refractivity contribution in [2.75, 3.05) is 26.2 Å². The molecule has 0 unspecified atom stereocenters. The Labute approximate surface area is 200 Å². The van der Waals surface area contributed by atoms with Gasteiger partial charge < -0.3 is 14.8 Å². The minimum atomic E-state index is -2.97. The van der Waals surface area contributed by atoms with Gasteiger partial charge in [0.05, 0.1) is 10.3 Å². The average molecular weight is 481 g/mol. The molecule has 34 heavy (non-hydrogen) atoms. The van der Waals surface area contributed by atoms with Crippen LogP contribution in [0, 0.1) is 6.92 Å². The van der Waals surface area contributed by atoms with Gasteiger partial charge in [-0.2, -0.15) is 0 Å². The number of carbonyl (C=O) groups is 1. The first-order valence-corrected chi connectivity index (χ1v) is 12.6. The van der Waals surface area contributed by atoms with Crippen LogP contribution < -0.4 is 14.8 Å². The van der Waals surface area contributed by atoms with Crippen LogP contribution in [-0.4, -0.2) is 40.2 Å². The number of aryl methyl sites for hydroxylation is 1. The molecule has 0 radical (unpaired) electrons. The molecular formula is C26H28N2O5S. The van der Waals surface area contributed by atoms with E-state index < -0.39 is 16.2 Å². The molecule has 0 atom stereocenters. The number of hydrogen-bond acceptors (Lipinski definition) is 6. The molecule has 178 valence electrons. The molecule has 0 saturated heterocycles. The predicted molar refractivity (Wildman–Crippen MR) is 134 cm³/mol.